The second-order valence-corrected chi connectivity index (χ2v) is 7.40. The van der Waals surface area contributed by atoms with Gasteiger partial charge in [-0.1, -0.05) is 42.5 Å². The third-order valence-electron chi connectivity index (χ3n) is 4.39. The van der Waals surface area contributed by atoms with E-state index < -0.39 is 0 Å². The molecule has 0 spiro atoms. The molecule has 0 atom stereocenters. The van der Waals surface area contributed by atoms with Gasteiger partial charge >= 0.3 is 0 Å². The molecule has 2 aromatic carbocycles. The van der Waals surface area contributed by atoms with Crippen LogP contribution in [0.25, 0.3) is 21.1 Å². The Morgan fingerprint density at radius 3 is 2.64 bits per heavy atom. The van der Waals surface area contributed by atoms with Gasteiger partial charge in [-0.3, -0.25) is 14.5 Å². The van der Waals surface area contributed by atoms with E-state index in [0.29, 0.717) is 34.9 Å². The fraction of sp³-hybridized carbons (Fsp3) is 0.200. The van der Waals surface area contributed by atoms with Crippen molar-refractivity contribution in [2.75, 3.05) is 18.4 Å². The summed E-state index contributed by atoms with van der Waals surface area (Å²) in [4.78, 5) is 38.3. The number of para-hydroxylation sites is 2. The van der Waals surface area contributed by atoms with Gasteiger partial charge in [-0.25, -0.2) is 9.97 Å². The summed E-state index contributed by atoms with van der Waals surface area (Å²) >= 11 is 1.45. The Kier molecular flexibility index (Phi) is 5.14. The van der Waals surface area contributed by atoms with Crippen molar-refractivity contribution in [2.45, 2.75) is 13.5 Å². The van der Waals surface area contributed by atoms with Gasteiger partial charge in [0.2, 0.25) is 5.91 Å². The number of rotatable bonds is 6. The molecule has 0 aliphatic carbocycles. The minimum atomic E-state index is -0.171. The van der Waals surface area contributed by atoms with Crippen molar-refractivity contribution < 1.29 is 4.79 Å². The lowest BCUT2D eigenvalue weighted by molar-refractivity contribution is -0.117. The maximum Gasteiger partial charge on any atom is 0.258 e. The van der Waals surface area contributed by atoms with Crippen LogP contribution in [0.2, 0.25) is 0 Å². The Morgan fingerprint density at radius 1 is 1.11 bits per heavy atom. The predicted octanol–water partition coefficient (Wildman–Crippen LogP) is 2.99. The molecule has 0 aliphatic heterocycles. The van der Waals surface area contributed by atoms with Crippen LogP contribution < -0.4 is 10.9 Å². The molecule has 4 aromatic rings. The summed E-state index contributed by atoms with van der Waals surface area (Å²) in [6, 6.07) is 15.0. The molecule has 0 radical (unpaired) electrons. The number of fused-ring (bicyclic) bond motifs is 2. The number of hydrogen-bond donors (Lipinski definition) is 2. The van der Waals surface area contributed by atoms with Crippen LogP contribution in [0.1, 0.15) is 12.7 Å². The predicted molar refractivity (Wildman–Crippen MR) is 112 cm³/mol. The molecule has 2 N–H and O–H groups in total. The fourth-order valence-corrected chi connectivity index (χ4v) is 3.87. The van der Waals surface area contributed by atoms with Crippen molar-refractivity contribution >= 4 is 43.5 Å². The first-order chi connectivity index (χ1) is 13.6. The van der Waals surface area contributed by atoms with Gasteiger partial charge in [-0.15, -0.1) is 0 Å². The first kappa shape index (κ1) is 18.3. The van der Waals surface area contributed by atoms with Gasteiger partial charge < -0.3 is 10.3 Å². The average molecular weight is 393 g/mol. The van der Waals surface area contributed by atoms with E-state index in [2.05, 4.69) is 20.3 Å². The minimum Gasteiger partial charge on any atom is -0.309 e. The number of aromatic nitrogens is 3. The molecule has 28 heavy (non-hydrogen) atoms. The summed E-state index contributed by atoms with van der Waals surface area (Å²) < 4.78 is 1.03. The molecule has 142 valence electrons. The van der Waals surface area contributed by atoms with E-state index in [0.717, 1.165) is 10.2 Å². The molecular weight excluding hydrogens is 374 g/mol. The van der Waals surface area contributed by atoms with E-state index in [9.17, 15) is 9.59 Å². The van der Waals surface area contributed by atoms with Crippen LogP contribution in [0.15, 0.2) is 53.3 Å². The SMILES string of the molecule is CCN(CC(=O)Nc1nc2ccccc2s1)Cc1nc2ccccc2c(=O)[nH]1. The molecule has 2 aromatic heterocycles. The van der Waals surface area contributed by atoms with Crippen LogP contribution in [0.4, 0.5) is 5.13 Å². The normalized spacial score (nSPS) is 11.4. The fourth-order valence-electron chi connectivity index (χ4n) is 2.99. The molecule has 0 saturated carbocycles. The molecule has 0 fully saturated rings. The Bertz CT molecular complexity index is 1170. The summed E-state index contributed by atoms with van der Waals surface area (Å²) in [7, 11) is 0. The number of carbonyl (C=O) groups is 1. The van der Waals surface area contributed by atoms with E-state index in [1.807, 2.05) is 54.3 Å². The molecule has 1 amide bonds. The van der Waals surface area contributed by atoms with Gasteiger partial charge in [-0.05, 0) is 30.8 Å². The lowest BCUT2D eigenvalue weighted by Crippen LogP contribution is -2.33. The van der Waals surface area contributed by atoms with Gasteiger partial charge in [-0.2, -0.15) is 0 Å². The highest BCUT2D eigenvalue weighted by atomic mass is 32.1. The van der Waals surface area contributed by atoms with Crippen molar-refractivity contribution in [1.82, 2.24) is 19.9 Å². The number of amides is 1. The summed E-state index contributed by atoms with van der Waals surface area (Å²) in [6.07, 6.45) is 0. The standard InChI is InChI=1S/C20H19N5O2S/c1-2-25(11-17-21-14-8-4-3-7-13(14)19(27)23-17)12-18(26)24-20-22-15-9-5-6-10-16(15)28-20/h3-10H,2,11-12H2,1H3,(H,21,23,27)(H,22,24,26). The smallest absolute Gasteiger partial charge is 0.258 e. The number of thiazole rings is 1. The summed E-state index contributed by atoms with van der Waals surface area (Å²) in [5.74, 6) is 0.391. The van der Waals surface area contributed by atoms with Gasteiger partial charge in [0, 0.05) is 0 Å². The number of H-pyrrole nitrogens is 1. The van der Waals surface area contributed by atoms with E-state index in [1.54, 1.807) is 6.07 Å². The summed E-state index contributed by atoms with van der Waals surface area (Å²) in [5.41, 5.74) is 1.35. The molecule has 7 nitrogen and oxygen atoms in total. The van der Waals surface area contributed by atoms with Crippen molar-refractivity contribution in [2.24, 2.45) is 0 Å². The summed E-state index contributed by atoms with van der Waals surface area (Å²) in [5, 5.41) is 4.00. The van der Waals surface area contributed by atoms with Crippen molar-refractivity contribution in [3.05, 3.63) is 64.7 Å². The van der Waals surface area contributed by atoms with Crippen LogP contribution >= 0.6 is 11.3 Å². The topological polar surface area (TPSA) is 91.0 Å². The molecular formula is C20H19N5O2S. The largest absolute Gasteiger partial charge is 0.309 e. The first-order valence-corrected chi connectivity index (χ1v) is 9.80. The third kappa shape index (κ3) is 3.92. The Morgan fingerprint density at radius 2 is 1.86 bits per heavy atom. The zero-order chi connectivity index (χ0) is 19.5. The van der Waals surface area contributed by atoms with Crippen LogP contribution in [0.3, 0.4) is 0 Å². The van der Waals surface area contributed by atoms with Gasteiger partial charge in [0.05, 0.1) is 34.2 Å². The van der Waals surface area contributed by atoms with Crippen molar-refractivity contribution in [3.8, 4) is 0 Å². The van der Waals surface area contributed by atoms with Crippen LogP contribution in [0, 0.1) is 0 Å². The number of carbonyl (C=O) groups excluding carboxylic acids is 1. The Balaban J connectivity index is 1.45. The van der Waals surface area contributed by atoms with E-state index in [-0.39, 0.29) is 18.0 Å². The Labute approximate surface area is 165 Å². The lowest BCUT2D eigenvalue weighted by atomic mass is 10.2. The molecule has 2 heterocycles. The third-order valence-corrected chi connectivity index (χ3v) is 5.34. The van der Waals surface area contributed by atoms with Crippen molar-refractivity contribution in [1.29, 1.82) is 0 Å². The number of nitrogens with zero attached hydrogens (tertiary/aromatic N) is 3. The van der Waals surface area contributed by atoms with Gasteiger partial charge in [0.25, 0.3) is 5.56 Å². The quantitative estimate of drug-likeness (QED) is 0.525. The van der Waals surface area contributed by atoms with E-state index in [4.69, 9.17) is 0 Å². The van der Waals surface area contributed by atoms with Crippen LogP contribution in [-0.2, 0) is 11.3 Å². The van der Waals surface area contributed by atoms with E-state index >= 15 is 0 Å². The van der Waals surface area contributed by atoms with Crippen LogP contribution in [-0.4, -0.2) is 38.8 Å². The van der Waals surface area contributed by atoms with E-state index in [1.165, 1.54) is 11.3 Å². The second kappa shape index (κ2) is 7.87. The maximum atomic E-state index is 12.4. The summed E-state index contributed by atoms with van der Waals surface area (Å²) in [6.45, 7) is 3.17. The lowest BCUT2D eigenvalue weighted by Gasteiger charge is -2.18. The minimum absolute atomic E-state index is 0.149. The number of benzene rings is 2. The number of likely N-dealkylation sites (N-methyl/N-ethyl adjacent to an activating group) is 1. The molecule has 8 heteroatoms. The number of hydrogen-bond acceptors (Lipinski definition) is 6. The zero-order valence-electron chi connectivity index (χ0n) is 15.3. The van der Waals surface area contributed by atoms with Crippen LogP contribution in [0.5, 0.6) is 0 Å². The van der Waals surface area contributed by atoms with Gasteiger partial charge in [0.1, 0.15) is 5.82 Å². The Hall–Kier alpha value is -3.10. The van der Waals surface area contributed by atoms with Crippen molar-refractivity contribution in [3.63, 3.8) is 0 Å². The first-order valence-electron chi connectivity index (χ1n) is 8.98. The maximum absolute atomic E-state index is 12.4. The number of anilines is 1. The zero-order valence-corrected chi connectivity index (χ0v) is 16.1. The number of aromatic amines is 1. The monoisotopic (exact) mass is 393 g/mol. The average Bonchev–Trinajstić information content (AvgIpc) is 3.09. The molecule has 4 rings (SSSR count). The highest BCUT2D eigenvalue weighted by Gasteiger charge is 2.14. The molecule has 0 saturated heterocycles. The highest BCUT2D eigenvalue weighted by molar-refractivity contribution is 7.22. The van der Waals surface area contributed by atoms with Gasteiger partial charge in [0.15, 0.2) is 5.13 Å². The highest BCUT2D eigenvalue weighted by Crippen LogP contribution is 2.25. The molecule has 0 aliphatic rings. The number of nitrogens with one attached hydrogen (secondary N) is 2. The molecule has 0 unspecified atom stereocenters. The second-order valence-electron chi connectivity index (χ2n) is 6.37. The molecule has 0 bridgehead atoms.